The maximum Gasteiger partial charge on any atom is 0.416 e. The number of rotatable bonds is 2. The second kappa shape index (κ2) is 5.07. The molecule has 1 aromatic carbocycles. The van der Waals surface area contributed by atoms with E-state index in [1.807, 2.05) is 0 Å². The van der Waals surface area contributed by atoms with E-state index in [1.54, 1.807) is 20.8 Å². The summed E-state index contributed by atoms with van der Waals surface area (Å²) < 4.78 is 42.7. The van der Waals surface area contributed by atoms with E-state index in [-0.39, 0.29) is 11.1 Å². The van der Waals surface area contributed by atoms with Crippen LogP contribution in [0.1, 0.15) is 36.7 Å². The minimum atomic E-state index is -4.52. The lowest BCUT2D eigenvalue weighted by Crippen LogP contribution is -2.24. The number of alkyl halides is 3. The van der Waals surface area contributed by atoms with Crippen LogP contribution in [0.3, 0.4) is 0 Å². The first-order chi connectivity index (χ1) is 8.50. The molecule has 0 aromatic heterocycles. The number of ether oxygens (including phenoxy) is 1. The lowest BCUT2D eigenvalue weighted by molar-refractivity contribution is -0.0686. The highest BCUT2D eigenvalue weighted by molar-refractivity contribution is 5.91. The van der Waals surface area contributed by atoms with Gasteiger partial charge >= 0.3 is 12.1 Å². The molecular weight excluding hydrogens is 257 g/mol. The van der Waals surface area contributed by atoms with E-state index in [9.17, 15) is 18.0 Å². The van der Waals surface area contributed by atoms with Crippen molar-refractivity contribution in [3.05, 3.63) is 42.0 Å². The normalized spacial score (nSPS) is 12.1. The van der Waals surface area contributed by atoms with E-state index < -0.39 is 23.3 Å². The lowest BCUT2D eigenvalue weighted by atomic mass is 10.0. The molecule has 2 nitrogen and oxygen atoms in total. The number of hydrogen-bond donors (Lipinski definition) is 0. The predicted octanol–water partition coefficient (Wildman–Crippen LogP) is 4.22. The topological polar surface area (TPSA) is 26.3 Å². The average Bonchev–Trinajstić information content (AvgIpc) is 2.24. The lowest BCUT2D eigenvalue weighted by Gasteiger charge is -2.19. The van der Waals surface area contributed by atoms with Gasteiger partial charge in [-0.2, -0.15) is 13.2 Å². The number of allylic oxidation sites excluding steroid dienone is 1. The molecule has 0 N–H and O–H groups in total. The maximum absolute atomic E-state index is 12.5. The number of benzene rings is 1. The summed E-state index contributed by atoms with van der Waals surface area (Å²) in [5.41, 5.74) is -1.76. The van der Waals surface area contributed by atoms with Crippen LogP contribution < -0.4 is 0 Å². The highest BCUT2D eigenvalue weighted by Gasteiger charge is 2.33. The standard InChI is InChI=1S/C14H15F3O2/c1-9(14(15,16)17)10-6-5-7-11(8-10)12(18)19-13(2,3)4/h5-8H,1H2,2-4H3. The molecule has 0 amide bonds. The Morgan fingerprint density at radius 1 is 1.16 bits per heavy atom. The summed E-state index contributed by atoms with van der Waals surface area (Å²) in [6.07, 6.45) is -4.52. The van der Waals surface area contributed by atoms with Crippen molar-refractivity contribution in [3.8, 4) is 0 Å². The molecule has 0 heterocycles. The Kier molecular flexibility index (Phi) is 4.08. The van der Waals surface area contributed by atoms with Crippen LogP contribution in [-0.4, -0.2) is 17.7 Å². The number of carbonyl (C=O) groups excluding carboxylic acids is 1. The van der Waals surface area contributed by atoms with Crippen molar-refractivity contribution < 1.29 is 22.7 Å². The van der Waals surface area contributed by atoms with Crippen molar-refractivity contribution in [2.24, 2.45) is 0 Å². The number of hydrogen-bond acceptors (Lipinski definition) is 2. The molecular formula is C14H15F3O2. The maximum atomic E-state index is 12.5. The summed E-state index contributed by atoms with van der Waals surface area (Å²) in [4.78, 5) is 11.8. The summed E-state index contributed by atoms with van der Waals surface area (Å²) in [7, 11) is 0. The van der Waals surface area contributed by atoms with Gasteiger partial charge in [-0.25, -0.2) is 4.79 Å². The van der Waals surface area contributed by atoms with Crippen LogP contribution in [-0.2, 0) is 4.74 Å². The zero-order valence-corrected chi connectivity index (χ0v) is 11.0. The largest absolute Gasteiger partial charge is 0.456 e. The zero-order valence-electron chi connectivity index (χ0n) is 11.0. The summed E-state index contributed by atoms with van der Waals surface area (Å²) in [5, 5.41) is 0. The molecule has 19 heavy (non-hydrogen) atoms. The molecule has 0 aliphatic carbocycles. The smallest absolute Gasteiger partial charge is 0.416 e. The summed E-state index contributed by atoms with van der Waals surface area (Å²) >= 11 is 0. The van der Waals surface area contributed by atoms with Gasteiger partial charge in [-0.1, -0.05) is 18.7 Å². The van der Waals surface area contributed by atoms with E-state index in [4.69, 9.17) is 4.74 Å². The minimum Gasteiger partial charge on any atom is -0.456 e. The highest BCUT2D eigenvalue weighted by atomic mass is 19.4. The molecule has 0 aliphatic rings. The second-order valence-electron chi connectivity index (χ2n) is 5.06. The van der Waals surface area contributed by atoms with Crippen LogP contribution in [0, 0.1) is 0 Å². The van der Waals surface area contributed by atoms with Gasteiger partial charge in [0.25, 0.3) is 0 Å². The fourth-order valence-corrected chi connectivity index (χ4v) is 1.33. The van der Waals surface area contributed by atoms with E-state index in [0.717, 1.165) is 6.07 Å². The molecule has 104 valence electrons. The van der Waals surface area contributed by atoms with Gasteiger partial charge in [-0.15, -0.1) is 0 Å². The third-order valence-electron chi connectivity index (χ3n) is 2.19. The number of halogens is 3. The molecule has 0 spiro atoms. The summed E-state index contributed by atoms with van der Waals surface area (Å²) in [5.74, 6) is -0.663. The molecule has 5 heteroatoms. The summed E-state index contributed by atoms with van der Waals surface area (Å²) in [6.45, 7) is 8.05. The van der Waals surface area contributed by atoms with Gasteiger partial charge in [0.2, 0.25) is 0 Å². The first kappa shape index (κ1) is 15.3. The van der Waals surface area contributed by atoms with Crippen molar-refractivity contribution in [3.63, 3.8) is 0 Å². The monoisotopic (exact) mass is 272 g/mol. The van der Waals surface area contributed by atoms with Crippen LogP contribution in [0.15, 0.2) is 30.8 Å². The van der Waals surface area contributed by atoms with Crippen molar-refractivity contribution in [1.29, 1.82) is 0 Å². The molecule has 0 aliphatic heterocycles. The van der Waals surface area contributed by atoms with Gasteiger partial charge in [0, 0.05) is 0 Å². The fraction of sp³-hybridized carbons (Fsp3) is 0.357. The first-order valence-corrected chi connectivity index (χ1v) is 5.60. The van der Waals surface area contributed by atoms with Crippen LogP contribution in [0.25, 0.3) is 5.57 Å². The number of carbonyl (C=O) groups is 1. The Morgan fingerprint density at radius 2 is 1.68 bits per heavy atom. The van der Waals surface area contributed by atoms with Gasteiger partial charge in [-0.05, 0) is 38.5 Å². The highest BCUT2D eigenvalue weighted by Crippen LogP contribution is 2.32. The van der Waals surface area contributed by atoms with E-state index >= 15 is 0 Å². The van der Waals surface area contributed by atoms with Crippen molar-refractivity contribution >= 4 is 11.5 Å². The van der Waals surface area contributed by atoms with Gasteiger partial charge in [-0.3, -0.25) is 0 Å². The minimum absolute atomic E-state index is 0.0674. The second-order valence-corrected chi connectivity index (χ2v) is 5.06. The Balaban J connectivity index is 3.02. The number of esters is 1. The average molecular weight is 272 g/mol. The third kappa shape index (κ3) is 4.43. The van der Waals surface area contributed by atoms with Gasteiger partial charge in [0.15, 0.2) is 0 Å². The van der Waals surface area contributed by atoms with Gasteiger partial charge in [0.1, 0.15) is 5.60 Å². The van der Waals surface area contributed by atoms with Crippen molar-refractivity contribution in [2.45, 2.75) is 32.5 Å². The van der Waals surface area contributed by atoms with E-state index in [2.05, 4.69) is 6.58 Å². The Hall–Kier alpha value is -1.78. The molecule has 1 rings (SSSR count). The van der Waals surface area contributed by atoms with E-state index in [1.165, 1.54) is 18.2 Å². The van der Waals surface area contributed by atoms with Crippen LogP contribution in [0.5, 0.6) is 0 Å². The molecule has 1 aromatic rings. The fourth-order valence-electron chi connectivity index (χ4n) is 1.33. The Morgan fingerprint density at radius 3 is 2.16 bits per heavy atom. The SMILES string of the molecule is C=C(c1cccc(C(=O)OC(C)(C)C)c1)C(F)(F)F. The summed E-state index contributed by atoms with van der Waals surface area (Å²) in [6, 6.07) is 5.15. The van der Waals surface area contributed by atoms with Crippen LogP contribution >= 0.6 is 0 Å². The van der Waals surface area contributed by atoms with Crippen molar-refractivity contribution in [2.75, 3.05) is 0 Å². The Labute approximate surface area is 109 Å². The molecule has 0 saturated heterocycles. The molecule has 0 fully saturated rings. The molecule has 0 saturated carbocycles. The first-order valence-electron chi connectivity index (χ1n) is 5.60. The third-order valence-corrected chi connectivity index (χ3v) is 2.19. The van der Waals surface area contributed by atoms with Crippen molar-refractivity contribution in [1.82, 2.24) is 0 Å². The van der Waals surface area contributed by atoms with E-state index in [0.29, 0.717) is 0 Å². The van der Waals surface area contributed by atoms with Crippen LogP contribution in [0.2, 0.25) is 0 Å². The van der Waals surface area contributed by atoms with Gasteiger partial charge < -0.3 is 4.74 Å². The molecule has 0 bridgehead atoms. The predicted molar refractivity (Wildman–Crippen MR) is 66.7 cm³/mol. The molecule has 0 radical (unpaired) electrons. The molecule has 0 unspecified atom stereocenters. The Bertz CT molecular complexity index is 496. The molecule has 0 atom stereocenters. The quantitative estimate of drug-likeness (QED) is 0.753. The zero-order chi connectivity index (χ0) is 14.8. The van der Waals surface area contributed by atoms with Gasteiger partial charge in [0.05, 0.1) is 11.1 Å². The van der Waals surface area contributed by atoms with Crippen LogP contribution in [0.4, 0.5) is 13.2 Å².